The zero-order valence-corrected chi connectivity index (χ0v) is 13.0. The van der Waals surface area contributed by atoms with Crippen LogP contribution >= 0.6 is 0 Å². The minimum atomic E-state index is 0.940. The van der Waals surface area contributed by atoms with Gasteiger partial charge in [-0.15, -0.1) is 0 Å². The highest BCUT2D eigenvalue weighted by atomic mass is 14.7. The lowest BCUT2D eigenvalue weighted by atomic mass is 10.1. The molecule has 0 radical (unpaired) electrons. The third-order valence-corrected chi connectivity index (χ3v) is 4.39. The van der Waals surface area contributed by atoms with Gasteiger partial charge in [-0.25, -0.2) is 9.97 Å². The molecule has 0 aliphatic heterocycles. The van der Waals surface area contributed by atoms with Gasteiger partial charge in [0.05, 0.1) is 21.7 Å². The van der Waals surface area contributed by atoms with Crippen LogP contribution in [0.1, 0.15) is 0 Å². The highest BCUT2D eigenvalue weighted by molar-refractivity contribution is 5.80. The number of allylic oxidation sites excluding steroid dienone is 2. The third-order valence-electron chi connectivity index (χ3n) is 4.39. The Bertz CT molecular complexity index is 1240. The first-order chi connectivity index (χ1) is 11.9. The molecule has 0 fully saturated rings. The molecule has 5 rings (SSSR count). The van der Waals surface area contributed by atoms with Crippen molar-refractivity contribution in [1.82, 2.24) is 9.97 Å². The van der Waals surface area contributed by atoms with Gasteiger partial charge in [0.25, 0.3) is 0 Å². The van der Waals surface area contributed by atoms with Crippen molar-refractivity contribution in [2.45, 2.75) is 0 Å². The average Bonchev–Trinajstić information content (AvgIpc) is 2.62. The number of hydrogen-bond acceptors (Lipinski definition) is 2. The van der Waals surface area contributed by atoms with Crippen molar-refractivity contribution in [1.29, 1.82) is 0 Å². The molecule has 0 spiro atoms. The Hall–Kier alpha value is -3.26. The highest BCUT2D eigenvalue weighted by Crippen LogP contribution is 2.10. The molecular formula is C22H14N2. The Labute approximate surface area is 138 Å². The summed E-state index contributed by atoms with van der Waals surface area (Å²) in [5.74, 6) is 0. The largest absolute Gasteiger partial charge is 0.245 e. The molecule has 0 unspecified atom stereocenters. The number of fused-ring (bicyclic) bond motifs is 4. The minimum absolute atomic E-state index is 0.940. The zero-order chi connectivity index (χ0) is 15.9. The van der Waals surface area contributed by atoms with Crippen molar-refractivity contribution in [3.63, 3.8) is 0 Å². The lowest BCUT2D eigenvalue weighted by Crippen LogP contribution is -2.14. The third kappa shape index (κ3) is 2.04. The summed E-state index contributed by atoms with van der Waals surface area (Å²) >= 11 is 0. The van der Waals surface area contributed by atoms with Crippen molar-refractivity contribution >= 4 is 34.0 Å². The van der Waals surface area contributed by atoms with Crippen molar-refractivity contribution in [3.05, 3.63) is 94.0 Å². The summed E-state index contributed by atoms with van der Waals surface area (Å²) in [6.07, 6.45) is 8.33. The lowest BCUT2D eigenvalue weighted by Gasteiger charge is -2.02. The number of rotatable bonds is 0. The fraction of sp³-hybridized carbons (Fsp3) is 0. The molecule has 24 heavy (non-hydrogen) atoms. The Kier molecular flexibility index (Phi) is 2.83. The molecule has 2 aromatic carbocycles. The molecule has 0 saturated carbocycles. The molecule has 1 aliphatic rings. The Morgan fingerprint density at radius 3 is 1.50 bits per heavy atom. The summed E-state index contributed by atoms with van der Waals surface area (Å²) in [5, 5.41) is 6.37. The maximum atomic E-state index is 4.92. The van der Waals surface area contributed by atoms with Crippen molar-refractivity contribution in [2.75, 3.05) is 0 Å². The van der Waals surface area contributed by atoms with Gasteiger partial charge in [-0.3, -0.25) is 0 Å². The van der Waals surface area contributed by atoms with Crippen molar-refractivity contribution in [3.8, 4) is 0 Å². The number of benzene rings is 2. The van der Waals surface area contributed by atoms with Gasteiger partial charge < -0.3 is 0 Å². The fourth-order valence-electron chi connectivity index (χ4n) is 3.22. The van der Waals surface area contributed by atoms with E-state index >= 15 is 0 Å². The average molecular weight is 306 g/mol. The standard InChI is InChI=1S/C22H14N2/c1-2-10-18-14-16-8-4-6-12-20(16)24-22(18)21-17(9-1)13-15-7-3-5-11-19(15)23-21/h1-14H/b2-1-,9-1?,10-2?,17-9-,18-10-,22-21-. The van der Waals surface area contributed by atoms with E-state index in [4.69, 9.17) is 9.97 Å². The van der Waals surface area contributed by atoms with E-state index < -0.39 is 0 Å². The number of nitrogens with zero attached hydrogens (tertiary/aromatic N) is 2. The van der Waals surface area contributed by atoms with Crippen LogP contribution in [0.15, 0.2) is 72.8 Å². The van der Waals surface area contributed by atoms with Crippen molar-refractivity contribution in [2.24, 2.45) is 0 Å². The molecule has 4 aromatic rings. The van der Waals surface area contributed by atoms with E-state index in [1.165, 1.54) is 0 Å². The predicted octanol–water partition coefficient (Wildman–Crippen LogP) is 3.20. The zero-order valence-electron chi connectivity index (χ0n) is 13.0. The Morgan fingerprint density at radius 2 is 1.00 bits per heavy atom. The van der Waals surface area contributed by atoms with Crippen LogP contribution in [0.3, 0.4) is 0 Å². The second-order valence-electron chi connectivity index (χ2n) is 5.96. The Morgan fingerprint density at radius 1 is 0.542 bits per heavy atom. The molecule has 0 amide bonds. The van der Waals surface area contributed by atoms with E-state index in [-0.39, 0.29) is 0 Å². The number of para-hydroxylation sites is 2. The summed E-state index contributed by atoms with van der Waals surface area (Å²) in [5.41, 5.74) is 1.99. The van der Waals surface area contributed by atoms with E-state index in [9.17, 15) is 0 Å². The van der Waals surface area contributed by atoms with Crippen LogP contribution in [0.5, 0.6) is 0 Å². The van der Waals surface area contributed by atoms with Gasteiger partial charge in [-0.05, 0) is 24.3 Å². The predicted molar refractivity (Wildman–Crippen MR) is 98.5 cm³/mol. The molecule has 1 aliphatic carbocycles. The van der Waals surface area contributed by atoms with Gasteiger partial charge in [0.15, 0.2) is 0 Å². The fourth-order valence-corrected chi connectivity index (χ4v) is 3.22. The van der Waals surface area contributed by atoms with Gasteiger partial charge in [0, 0.05) is 21.2 Å². The molecule has 0 bridgehead atoms. The van der Waals surface area contributed by atoms with E-state index in [2.05, 4.69) is 60.7 Å². The first kappa shape index (κ1) is 13.2. The van der Waals surface area contributed by atoms with Gasteiger partial charge in [0.2, 0.25) is 0 Å². The van der Waals surface area contributed by atoms with Crippen LogP contribution in [0.25, 0.3) is 34.0 Å². The summed E-state index contributed by atoms with van der Waals surface area (Å²) in [6, 6.07) is 20.8. The number of pyridine rings is 2. The van der Waals surface area contributed by atoms with E-state index in [0.29, 0.717) is 0 Å². The normalized spacial score (nSPS) is 18.3. The van der Waals surface area contributed by atoms with Gasteiger partial charge in [-0.2, -0.15) is 0 Å². The molecule has 2 heteroatoms. The first-order valence-corrected chi connectivity index (χ1v) is 8.03. The van der Waals surface area contributed by atoms with Gasteiger partial charge in [-0.1, -0.05) is 60.7 Å². The first-order valence-electron chi connectivity index (χ1n) is 8.03. The molecule has 0 N–H and O–H groups in total. The van der Waals surface area contributed by atoms with Crippen LogP contribution in [0.2, 0.25) is 0 Å². The summed E-state index contributed by atoms with van der Waals surface area (Å²) in [6.45, 7) is 0. The number of aromatic nitrogens is 2. The maximum Gasteiger partial charge on any atom is 0.0972 e. The smallest absolute Gasteiger partial charge is 0.0972 e. The molecule has 0 atom stereocenters. The molecule has 2 nitrogen and oxygen atoms in total. The molecular weight excluding hydrogens is 292 g/mol. The summed E-state index contributed by atoms with van der Waals surface area (Å²) in [7, 11) is 0. The molecule has 0 saturated heterocycles. The van der Waals surface area contributed by atoms with Crippen LogP contribution in [0, 0.1) is 10.7 Å². The van der Waals surface area contributed by atoms with E-state index in [1.807, 2.05) is 24.3 Å². The van der Waals surface area contributed by atoms with Crippen LogP contribution in [-0.4, -0.2) is 9.97 Å². The van der Waals surface area contributed by atoms with Crippen LogP contribution in [-0.2, 0) is 0 Å². The molecule has 2 heterocycles. The molecule has 112 valence electrons. The maximum absolute atomic E-state index is 4.92. The van der Waals surface area contributed by atoms with E-state index in [1.54, 1.807) is 0 Å². The second-order valence-corrected chi connectivity index (χ2v) is 5.96. The van der Waals surface area contributed by atoms with Crippen LogP contribution < -0.4 is 10.4 Å². The number of hydrogen-bond donors (Lipinski definition) is 0. The van der Waals surface area contributed by atoms with Crippen molar-refractivity contribution < 1.29 is 0 Å². The second kappa shape index (κ2) is 5.14. The Balaban J connectivity index is 2.12. The monoisotopic (exact) mass is 306 g/mol. The van der Waals surface area contributed by atoms with E-state index in [0.717, 1.165) is 42.9 Å². The SMILES string of the molecule is C1=C\C=c2\cc3ccccc3n\c2=c2/nc3ccccc3c/c2=C/1. The topological polar surface area (TPSA) is 25.8 Å². The van der Waals surface area contributed by atoms with Gasteiger partial charge >= 0.3 is 0 Å². The summed E-state index contributed by atoms with van der Waals surface area (Å²) in [4.78, 5) is 9.84. The quantitative estimate of drug-likeness (QED) is 0.498. The highest BCUT2D eigenvalue weighted by Gasteiger charge is 2.01. The van der Waals surface area contributed by atoms with Crippen LogP contribution in [0.4, 0.5) is 0 Å². The summed E-state index contributed by atoms with van der Waals surface area (Å²) < 4.78 is 0. The lowest BCUT2D eigenvalue weighted by molar-refractivity contribution is 1.17. The van der Waals surface area contributed by atoms with Gasteiger partial charge in [0.1, 0.15) is 0 Å². The molecule has 2 aromatic heterocycles. The minimum Gasteiger partial charge on any atom is -0.245 e.